The molecule has 1 aliphatic heterocycles. The molecular weight excluding hydrogens is 338 g/mol. The van der Waals surface area contributed by atoms with E-state index in [4.69, 9.17) is 0 Å². The highest BCUT2D eigenvalue weighted by Gasteiger charge is 2.21. The molecule has 0 saturated carbocycles. The third-order valence-electron chi connectivity index (χ3n) is 4.51. The number of benzene rings is 2. The van der Waals surface area contributed by atoms with Crippen molar-refractivity contribution in [1.29, 1.82) is 0 Å². The maximum Gasteiger partial charge on any atom is 0.387 e. The molecule has 0 bridgehead atoms. The monoisotopic (exact) mass is 360 g/mol. The van der Waals surface area contributed by atoms with Crippen LogP contribution in [-0.4, -0.2) is 36.5 Å². The highest BCUT2D eigenvalue weighted by atomic mass is 19.3. The Labute approximate surface area is 151 Å². The summed E-state index contributed by atoms with van der Waals surface area (Å²) >= 11 is 0. The number of ether oxygens (including phenoxy) is 1. The number of carbonyl (C=O) groups excluding carboxylic acids is 1. The normalized spacial score (nSPS) is 15.8. The second-order valence-electron chi connectivity index (χ2n) is 6.41. The van der Waals surface area contributed by atoms with Crippen LogP contribution in [0.25, 0.3) is 0 Å². The Morgan fingerprint density at radius 2 is 1.73 bits per heavy atom. The molecule has 2 aromatic carbocycles. The van der Waals surface area contributed by atoms with Crippen molar-refractivity contribution >= 4 is 5.91 Å². The van der Waals surface area contributed by atoms with Gasteiger partial charge in [0.1, 0.15) is 5.75 Å². The first-order valence-electron chi connectivity index (χ1n) is 8.72. The van der Waals surface area contributed by atoms with Crippen molar-refractivity contribution in [2.24, 2.45) is 0 Å². The number of hydrogen-bond acceptors (Lipinski definition) is 3. The first-order valence-corrected chi connectivity index (χ1v) is 8.72. The van der Waals surface area contributed by atoms with Crippen LogP contribution in [0.3, 0.4) is 0 Å². The third-order valence-corrected chi connectivity index (χ3v) is 4.51. The predicted octanol–water partition coefficient (Wildman–Crippen LogP) is 3.68. The molecule has 1 amide bonds. The zero-order valence-electron chi connectivity index (χ0n) is 14.4. The van der Waals surface area contributed by atoms with Crippen molar-refractivity contribution in [3.63, 3.8) is 0 Å². The van der Waals surface area contributed by atoms with Crippen molar-refractivity contribution in [1.82, 2.24) is 10.2 Å². The van der Waals surface area contributed by atoms with Crippen molar-refractivity contribution in [3.05, 3.63) is 65.7 Å². The van der Waals surface area contributed by atoms with E-state index in [-0.39, 0.29) is 17.7 Å². The number of likely N-dealkylation sites (tertiary alicyclic amines) is 1. The lowest BCUT2D eigenvalue weighted by Gasteiger charge is -2.32. The van der Waals surface area contributed by atoms with E-state index in [2.05, 4.69) is 27.1 Å². The SMILES string of the molecule is O=C(NC1CCN(Cc2ccccc2)CC1)c1ccc(OC(F)F)cc1. The highest BCUT2D eigenvalue weighted by Crippen LogP contribution is 2.17. The summed E-state index contributed by atoms with van der Waals surface area (Å²) in [5, 5.41) is 3.03. The molecule has 138 valence electrons. The molecule has 0 spiro atoms. The quantitative estimate of drug-likeness (QED) is 0.854. The summed E-state index contributed by atoms with van der Waals surface area (Å²) in [6.45, 7) is -0.0782. The first-order chi connectivity index (χ1) is 12.6. The minimum absolute atomic E-state index is 0.0470. The molecule has 26 heavy (non-hydrogen) atoms. The highest BCUT2D eigenvalue weighted by molar-refractivity contribution is 5.94. The van der Waals surface area contributed by atoms with Crippen LogP contribution in [0.1, 0.15) is 28.8 Å². The van der Waals surface area contributed by atoms with Gasteiger partial charge in [0.25, 0.3) is 5.91 Å². The Morgan fingerprint density at radius 1 is 1.08 bits per heavy atom. The molecule has 1 aliphatic rings. The number of amides is 1. The largest absolute Gasteiger partial charge is 0.435 e. The first kappa shape index (κ1) is 18.3. The van der Waals surface area contributed by atoms with Gasteiger partial charge in [-0.1, -0.05) is 30.3 Å². The Hall–Kier alpha value is -2.47. The molecule has 1 N–H and O–H groups in total. The van der Waals surface area contributed by atoms with E-state index in [0.29, 0.717) is 5.56 Å². The van der Waals surface area contributed by atoms with Crippen LogP contribution in [0.4, 0.5) is 8.78 Å². The summed E-state index contributed by atoms with van der Waals surface area (Å²) < 4.78 is 28.6. The van der Waals surface area contributed by atoms with Crippen LogP contribution in [0.2, 0.25) is 0 Å². The van der Waals surface area contributed by atoms with Crippen molar-refractivity contribution in [2.75, 3.05) is 13.1 Å². The van der Waals surface area contributed by atoms with Crippen molar-refractivity contribution in [3.8, 4) is 5.75 Å². The van der Waals surface area contributed by atoms with Gasteiger partial charge in [-0.15, -0.1) is 0 Å². The van der Waals surface area contributed by atoms with Crippen LogP contribution < -0.4 is 10.1 Å². The summed E-state index contributed by atoms with van der Waals surface area (Å²) in [7, 11) is 0. The molecule has 0 aromatic heterocycles. The minimum atomic E-state index is -2.87. The van der Waals surface area contributed by atoms with Gasteiger partial charge < -0.3 is 10.1 Å². The number of rotatable bonds is 6. The number of alkyl halides is 2. The fraction of sp³-hybridized carbons (Fsp3) is 0.350. The second kappa shape index (κ2) is 8.76. The molecule has 1 saturated heterocycles. The van der Waals surface area contributed by atoms with Crippen molar-refractivity contribution in [2.45, 2.75) is 32.0 Å². The van der Waals surface area contributed by atoms with Gasteiger partial charge in [0, 0.05) is 31.2 Å². The van der Waals surface area contributed by atoms with Gasteiger partial charge in [0.05, 0.1) is 0 Å². The molecule has 1 fully saturated rings. The molecule has 0 unspecified atom stereocenters. The van der Waals surface area contributed by atoms with Crippen LogP contribution in [0, 0.1) is 0 Å². The van der Waals surface area contributed by atoms with E-state index in [9.17, 15) is 13.6 Å². The number of halogens is 2. The molecule has 6 heteroatoms. The summed E-state index contributed by atoms with van der Waals surface area (Å²) in [4.78, 5) is 14.7. The van der Waals surface area contributed by atoms with E-state index >= 15 is 0 Å². The Bertz CT molecular complexity index is 700. The van der Waals surface area contributed by atoms with Gasteiger partial charge in [0.2, 0.25) is 0 Å². The Balaban J connectivity index is 1.46. The fourth-order valence-electron chi connectivity index (χ4n) is 3.13. The predicted molar refractivity (Wildman–Crippen MR) is 95.3 cm³/mol. The molecule has 0 radical (unpaired) electrons. The zero-order chi connectivity index (χ0) is 18.4. The number of carbonyl (C=O) groups is 1. The van der Waals surface area contributed by atoms with Crippen LogP contribution in [0.5, 0.6) is 5.75 Å². The maximum absolute atomic E-state index is 12.3. The number of piperidine rings is 1. The Morgan fingerprint density at radius 3 is 2.35 bits per heavy atom. The summed E-state index contributed by atoms with van der Waals surface area (Å²) in [6.07, 6.45) is 1.79. The average Bonchev–Trinajstić information content (AvgIpc) is 2.64. The van der Waals surface area contributed by atoms with Crippen LogP contribution >= 0.6 is 0 Å². The van der Waals surface area contributed by atoms with Gasteiger partial charge in [-0.25, -0.2) is 0 Å². The topological polar surface area (TPSA) is 41.6 Å². The van der Waals surface area contributed by atoms with E-state index in [1.54, 1.807) is 0 Å². The summed E-state index contributed by atoms with van der Waals surface area (Å²) in [5.41, 5.74) is 1.74. The molecule has 1 heterocycles. The lowest BCUT2D eigenvalue weighted by atomic mass is 10.0. The summed E-state index contributed by atoms with van der Waals surface area (Å²) in [6, 6.07) is 16.2. The van der Waals surface area contributed by atoms with Crippen molar-refractivity contribution < 1.29 is 18.3 Å². The number of nitrogens with zero attached hydrogens (tertiary/aromatic N) is 1. The molecule has 3 rings (SSSR count). The molecule has 2 aromatic rings. The maximum atomic E-state index is 12.3. The van der Waals surface area contributed by atoms with Gasteiger partial charge in [-0.3, -0.25) is 9.69 Å². The average molecular weight is 360 g/mol. The zero-order valence-corrected chi connectivity index (χ0v) is 14.4. The second-order valence-corrected chi connectivity index (χ2v) is 6.41. The van der Waals surface area contributed by atoms with E-state index in [1.807, 2.05) is 18.2 Å². The molecule has 4 nitrogen and oxygen atoms in total. The Kier molecular flexibility index (Phi) is 6.17. The fourth-order valence-corrected chi connectivity index (χ4v) is 3.13. The smallest absolute Gasteiger partial charge is 0.387 e. The lowest BCUT2D eigenvalue weighted by molar-refractivity contribution is -0.0498. The third kappa shape index (κ3) is 5.26. The van der Waals surface area contributed by atoms with Gasteiger partial charge in [0.15, 0.2) is 0 Å². The lowest BCUT2D eigenvalue weighted by Crippen LogP contribution is -2.44. The standard InChI is InChI=1S/C20H22F2N2O2/c21-20(22)26-18-8-6-16(7-9-18)19(25)23-17-10-12-24(13-11-17)14-15-4-2-1-3-5-15/h1-9,17,20H,10-14H2,(H,23,25). The minimum Gasteiger partial charge on any atom is -0.435 e. The number of nitrogens with one attached hydrogen (secondary N) is 1. The molecule has 0 aliphatic carbocycles. The van der Waals surface area contributed by atoms with E-state index < -0.39 is 6.61 Å². The summed E-state index contributed by atoms with van der Waals surface area (Å²) in [5.74, 6) is -0.138. The van der Waals surface area contributed by atoms with Gasteiger partial charge in [-0.2, -0.15) is 8.78 Å². The molecule has 0 atom stereocenters. The van der Waals surface area contributed by atoms with Crippen LogP contribution in [-0.2, 0) is 6.54 Å². The van der Waals surface area contributed by atoms with Gasteiger partial charge >= 0.3 is 6.61 Å². The molecular formula is C20H22F2N2O2. The number of hydrogen-bond donors (Lipinski definition) is 1. The van der Waals surface area contributed by atoms with Crippen LogP contribution in [0.15, 0.2) is 54.6 Å². The van der Waals surface area contributed by atoms with Gasteiger partial charge in [-0.05, 0) is 42.7 Å². The van der Waals surface area contributed by atoms with E-state index in [0.717, 1.165) is 32.5 Å². The van der Waals surface area contributed by atoms with E-state index in [1.165, 1.54) is 29.8 Å².